The van der Waals surface area contributed by atoms with Gasteiger partial charge in [-0.1, -0.05) is 18.3 Å². The molecular formula is C17H21NO2S. The van der Waals surface area contributed by atoms with Crippen molar-refractivity contribution in [3.8, 4) is 11.8 Å². The highest BCUT2D eigenvalue weighted by atomic mass is 32.2. The maximum absolute atomic E-state index is 12.3. The van der Waals surface area contributed by atoms with Crippen molar-refractivity contribution in [2.75, 3.05) is 12.9 Å². The van der Waals surface area contributed by atoms with E-state index in [1.54, 1.807) is 6.07 Å². The monoisotopic (exact) mass is 303 g/mol. The Bertz CT molecular complexity index is 574. The number of aliphatic hydroxyl groups excluding tert-OH is 1. The lowest BCUT2D eigenvalue weighted by atomic mass is 10.0. The van der Waals surface area contributed by atoms with Crippen LogP contribution in [0.4, 0.5) is 0 Å². The zero-order valence-electron chi connectivity index (χ0n) is 12.5. The molecule has 0 saturated heterocycles. The van der Waals surface area contributed by atoms with Crippen LogP contribution in [0.25, 0.3) is 0 Å². The molecule has 112 valence electrons. The summed E-state index contributed by atoms with van der Waals surface area (Å²) in [6.45, 7) is 1.78. The van der Waals surface area contributed by atoms with Crippen LogP contribution in [0, 0.1) is 18.8 Å². The normalized spacial score (nSPS) is 20.7. The third kappa shape index (κ3) is 4.03. The molecule has 21 heavy (non-hydrogen) atoms. The number of aryl methyl sites for hydroxylation is 1. The maximum atomic E-state index is 12.3. The van der Waals surface area contributed by atoms with Gasteiger partial charge >= 0.3 is 0 Å². The highest BCUT2D eigenvalue weighted by Gasteiger charge is 2.27. The van der Waals surface area contributed by atoms with Crippen molar-refractivity contribution < 1.29 is 9.90 Å². The van der Waals surface area contributed by atoms with Gasteiger partial charge in [0, 0.05) is 22.4 Å². The maximum Gasteiger partial charge on any atom is 0.251 e. The van der Waals surface area contributed by atoms with E-state index in [4.69, 9.17) is 5.11 Å². The predicted molar refractivity (Wildman–Crippen MR) is 87.6 cm³/mol. The Morgan fingerprint density at radius 1 is 1.48 bits per heavy atom. The van der Waals surface area contributed by atoms with Crippen molar-refractivity contribution >= 4 is 17.7 Å². The summed E-state index contributed by atoms with van der Waals surface area (Å²) in [7, 11) is 0. The van der Waals surface area contributed by atoms with Gasteiger partial charge in [-0.2, -0.15) is 11.8 Å². The average molecular weight is 303 g/mol. The number of hydrogen-bond donors (Lipinski definition) is 2. The molecule has 4 heteroatoms. The van der Waals surface area contributed by atoms with Crippen molar-refractivity contribution in [2.24, 2.45) is 0 Å². The Morgan fingerprint density at radius 3 is 2.95 bits per heavy atom. The summed E-state index contributed by atoms with van der Waals surface area (Å²) in [5, 5.41) is 12.4. The van der Waals surface area contributed by atoms with Crippen molar-refractivity contribution in [3.05, 3.63) is 34.9 Å². The fourth-order valence-corrected chi connectivity index (χ4v) is 3.64. The molecule has 0 aromatic heterocycles. The van der Waals surface area contributed by atoms with E-state index in [0.29, 0.717) is 10.8 Å². The van der Waals surface area contributed by atoms with E-state index >= 15 is 0 Å². The Labute approximate surface area is 130 Å². The van der Waals surface area contributed by atoms with Crippen LogP contribution >= 0.6 is 11.8 Å². The van der Waals surface area contributed by atoms with Gasteiger partial charge in [0.25, 0.3) is 5.91 Å². The number of rotatable bonds is 3. The van der Waals surface area contributed by atoms with E-state index in [-0.39, 0.29) is 18.6 Å². The molecule has 0 radical (unpaired) electrons. The van der Waals surface area contributed by atoms with E-state index in [9.17, 15) is 4.79 Å². The second kappa shape index (κ2) is 7.53. The molecule has 1 amide bonds. The number of nitrogens with one attached hydrogen (secondary N) is 1. The van der Waals surface area contributed by atoms with Gasteiger partial charge < -0.3 is 10.4 Å². The van der Waals surface area contributed by atoms with Crippen LogP contribution in [-0.4, -0.2) is 35.2 Å². The van der Waals surface area contributed by atoms with Gasteiger partial charge in [-0.15, -0.1) is 0 Å². The number of thioether (sulfide) groups is 1. The topological polar surface area (TPSA) is 49.3 Å². The number of carbonyl (C=O) groups is 1. The van der Waals surface area contributed by atoms with Gasteiger partial charge in [0.2, 0.25) is 0 Å². The van der Waals surface area contributed by atoms with Crippen LogP contribution in [0.2, 0.25) is 0 Å². The van der Waals surface area contributed by atoms with E-state index < -0.39 is 0 Å². The number of amides is 1. The van der Waals surface area contributed by atoms with E-state index in [2.05, 4.69) is 23.4 Å². The third-order valence-corrected chi connectivity index (χ3v) is 5.03. The second-order valence-corrected chi connectivity index (χ2v) is 6.35. The average Bonchev–Trinajstić information content (AvgIpc) is 2.93. The fraction of sp³-hybridized carbons (Fsp3) is 0.471. The van der Waals surface area contributed by atoms with Crippen molar-refractivity contribution in [1.82, 2.24) is 5.32 Å². The SMILES string of the molecule is CSC1CCCC1NC(=O)c1ccc(C#CCO)c(C)c1. The molecule has 2 unspecified atom stereocenters. The van der Waals surface area contributed by atoms with E-state index in [1.807, 2.05) is 30.8 Å². The number of hydrogen-bond acceptors (Lipinski definition) is 3. The first kappa shape index (κ1) is 15.9. The summed E-state index contributed by atoms with van der Waals surface area (Å²) in [5.41, 5.74) is 2.48. The molecular weight excluding hydrogens is 282 g/mol. The zero-order valence-corrected chi connectivity index (χ0v) is 13.3. The predicted octanol–water partition coefficient (Wildman–Crippen LogP) is 2.35. The lowest BCUT2D eigenvalue weighted by Crippen LogP contribution is -2.38. The van der Waals surface area contributed by atoms with Crippen LogP contribution in [0.15, 0.2) is 18.2 Å². The van der Waals surface area contributed by atoms with Crippen molar-refractivity contribution in [1.29, 1.82) is 0 Å². The van der Waals surface area contributed by atoms with Crippen LogP contribution < -0.4 is 5.32 Å². The molecule has 3 nitrogen and oxygen atoms in total. The minimum absolute atomic E-state index is 0.00860. The molecule has 1 aromatic carbocycles. The highest BCUT2D eigenvalue weighted by molar-refractivity contribution is 7.99. The second-order valence-electron chi connectivity index (χ2n) is 5.27. The first-order chi connectivity index (χ1) is 10.2. The van der Waals surface area contributed by atoms with Crippen molar-refractivity contribution in [2.45, 2.75) is 37.5 Å². The molecule has 1 aromatic rings. The summed E-state index contributed by atoms with van der Waals surface area (Å²) in [5.74, 6) is 5.50. The first-order valence-electron chi connectivity index (χ1n) is 7.19. The summed E-state index contributed by atoms with van der Waals surface area (Å²) >= 11 is 1.84. The van der Waals surface area contributed by atoms with Gasteiger partial charge in [0.1, 0.15) is 6.61 Å². The van der Waals surface area contributed by atoms with Gasteiger partial charge in [0.15, 0.2) is 0 Å². The van der Waals surface area contributed by atoms with Crippen LogP contribution in [-0.2, 0) is 0 Å². The number of aliphatic hydroxyl groups is 1. The summed E-state index contributed by atoms with van der Waals surface area (Å²) in [6, 6.07) is 5.78. The summed E-state index contributed by atoms with van der Waals surface area (Å²) < 4.78 is 0. The molecule has 1 aliphatic carbocycles. The smallest absolute Gasteiger partial charge is 0.251 e. The largest absolute Gasteiger partial charge is 0.384 e. The lowest BCUT2D eigenvalue weighted by Gasteiger charge is -2.19. The van der Waals surface area contributed by atoms with Gasteiger partial charge in [0.05, 0.1) is 0 Å². The molecule has 1 fully saturated rings. The van der Waals surface area contributed by atoms with E-state index in [1.165, 1.54) is 12.8 Å². The molecule has 0 aliphatic heterocycles. The Morgan fingerprint density at radius 2 is 2.29 bits per heavy atom. The minimum atomic E-state index is -0.153. The standard InChI is InChI=1S/C17H21NO2S/c1-12-11-14(9-8-13(12)5-4-10-19)17(20)18-15-6-3-7-16(15)21-2/h8-9,11,15-16,19H,3,6-7,10H2,1-2H3,(H,18,20). The van der Waals surface area contributed by atoms with Crippen LogP contribution in [0.5, 0.6) is 0 Å². The lowest BCUT2D eigenvalue weighted by molar-refractivity contribution is 0.0938. The molecule has 0 bridgehead atoms. The fourth-order valence-electron chi connectivity index (χ4n) is 2.70. The van der Waals surface area contributed by atoms with Gasteiger partial charge in [-0.3, -0.25) is 4.79 Å². The van der Waals surface area contributed by atoms with Gasteiger partial charge in [-0.25, -0.2) is 0 Å². The van der Waals surface area contributed by atoms with Crippen LogP contribution in [0.3, 0.4) is 0 Å². The number of carbonyl (C=O) groups excluding carboxylic acids is 1. The molecule has 0 spiro atoms. The minimum Gasteiger partial charge on any atom is -0.384 e. The molecule has 2 N–H and O–H groups in total. The van der Waals surface area contributed by atoms with Crippen molar-refractivity contribution in [3.63, 3.8) is 0 Å². The summed E-state index contributed by atoms with van der Waals surface area (Å²) in [6.07, 6.45) is 5.54. The molecule has 2 rings (SSSR count). The van der Waals surface area contributed by atoms with E-state index in [0.717, 1.165) is 17.5 Å². The quantitative estimate of drug-likeness (QED) is 0.843. The van der Waals surface area contributed by atoms with Gasteiger partial charge in [-0.05, 0) is 49.8 Å². The third-order valence-electron chi connectivity index (χ3n) is 3.86. The Kier molecular flexibility index (Phi) is 5.72. The molecule has 1 saturated carbocycles. The number of benzene rings is 1. The molecule has 2 atom stereocenters. The molecule has 1 aliphatic rings. The Hall–Kier alpha value is -1.44. The summed E-state index contributed by atoms with van der Waals surface area (Å²) in [4.78, 5) is 12.3. The highest BCUT2D eigenvalue weighted by Crippen LogP contribution is 2.28. The first-order valence-corrected chi connectivity index (χ1v) is 8.48. The Balaban J connectivity index is 2.07. The van der Waals surface area contributed by atoms with Crippen LogP contribution in [0.1, 0.15) is 40.7 Å². The zero-order chi connectivity index (χ0) is 15.2. The molecule has 0 heterocycles.